The fourth-order valence-corrected chi connectivity index (χ4v) is 2.01. The Balaban J connectivity index is 2.08. The average molecular weight is 252 g/mol. The molecule has 0 bridgehead atoms. The van der Waals surface area contributed by atoms with Crippen LogP contribution in [0.2, 0.25) is 0 Å². The molecule has 1 aliphatic heterocycles. The Bertz CT molecular complexity index is 437. The molecule has 1 heterocycles. The zero-order chi connectivity index (χ0) is 13.0. The first kappa shape index (κ1) is 12.8. The molecule has 0 unspecified atom stereocenters. The van der Waals surface area contributed by atoms with Gasteiger partial charge in [0.05, 0.1) is 7.11 Å². The number of methoxy groups -OCH3 is 1. The van der Waals surface area contributed by atoms with E-state index >= 15 is 0 Å². The molecule has 1 amide bonds. The third kappa shape index (κ3) is 2.98. The van der Waals surface area contributed by atoms with Gasteiger partial charge in [0.15, 0.2) is 11.6 Å². The summed E-state index contributed by atoms with van der Waals surface area (Å²) in [7, 11) is 1.43. The lowest BCUT2D eigenvalue weighted by molar-refractivity contribution is -0.130. The van der Waals surface area contributed by atoms with E-state index in [1.165, 1.54) is 13.2 Å². The Hall–Kier alpha value is -1.62. The zero-order valence-electron chi connectivity index (χ0n) is 10.4. The molecule has 0 aliphatic carbocycles. The van der Waals surface area contributed by atoms with Crippen molar-refractivity contribution in [3.8, 4) is 5.75 Å². The SMILES string of the molecule is COc1ccc(CN2CCNCCC2=O)cc1F. The van der Waals surface area contributed by atoms with Crippen molar-refractivity contribution in [1.29, 1.82) is 0 Å². The lowest BCUT2D eigenvalue weighted by Gasteiger charge is -2.20. The van der Waals surface area contributed by atoms with Gasteiger partial charge in [-0.05, 0) is 17.7 Å². The summed E-state index contributed by atoms with van der Waals surface area (Å²) in [5.41, 5.74) is 0.781. The van der Waals surface area contributed by atoms with Gasteiger partial charge in [-0.2, -0.15) is 0 Å². The second-order valence-corrected chi connectivity index (χ2v) is 4.28. The molecular formula is C13H17FN2O2. The number of hydrogen-bond donors (Lipinski definition) is 1. The minimum absolute atomic E-state index is 0.108. The molecule has 0 aromatic heterocycles. The second-order valence-electron chi connectivity index (χ2n) is 4.28. The van der Waals surface area contributed by atoms with Crippen LogP contribution in [0.25, 0.3) is 0 Å². The lowest BCUT2D eigenvalue weighted by Crippen LogP contribution is -2.31. The molecule has 1 fully saturated rings. The summed E-state index contributed by atoms with van der Waals surface area (Å²) in [5, 5.41) is 3.17. The third-order valence-electron chi connectivity index (χ3n) is 3.02. The molecular weight excluding hydrogens is 235 g/mol. The number of carbonyl (C=O) groups excluding carboxylic acids is 1. The predicted molar refractivity (Wildman–Crippen MR) is 65.9 cm³/mol. The standard InChI is InChI=1S/C13H17FN2O2/c1-18-12-3-2-10(8-11(12)14)9-16-7-6-15-5-4-13(16)17/h2-3,8,15H,4-7,9H2,1H3. The molecule has 1 aliphatic rings. The minimum Gasteiger partial charge on any atom is -0.494 e. The van der Waals surface area contributed by atoms with E-state index in [-0.39, 0.29) is 11.7 Å². The first-order chi connectivity index (χ1) is 8.70. The normalized spacial score (nSPS) is 16.6. The Labute approximate surface area is 106 Å². The molecule has 5 heteroatoms. The molecule has 18 heavy (non-hydrogen) atoms. The largest absolute Gasteiger partial charge is 0.494 e. The van der Waals surface area contributed by atoms with Crippen LogP contribution in [0, 0.1) is 5.82 Å². The van der Waals surface area contributed by atoms with Gasteiger partial charge >= 0.3 is 0 Å². The number of nitrogens with one attached hydrogen (secondary N) is 1. The van der Waals surface area contributed by atoms with E-state index < -0.39 is 5.82 Å². The molecule has 1 N–H and O–H groups in total. The average Bonchev–Trinajstić information content (AvgIpc) is 2.55. The molecule has 0 saturated carbocycles. The van der Waals surface area contributed by atoms with Crippen molar-refractivity contribution in [2.45, 2.75) is 13.0 Å². The summed E-state index contributed by atoms with van der Waals surface area (Å²) in [4.78, 5) is 13.5. The Morgan fingerprint density at radius 1 is 1.44 bits per heavy atom. The topological polar surface area (TPSA) is 41.6 Å². The molecule has 2 rings (SSSR count). The number of halogens is 1. The van der Waals surface area contributed by atoms with Crippen LogP contribution >= 0.6 is 0 Å². The Kier molecular flexibility index (Phi) is 4.15. The first-order valence-electron chi connectivity index (χ1n) is 6.01. The summed E-state index contributed by atoms with van der Waals surface area (Å²) in [5.74, 6) is -0.0609. The highest BCUT2D eigenvalue weighted by Gasteiger charge is 2.16. The van der Waals surface area contributed by atoms with Gasteiger partial charge in [-0.1, -0.05) is 6.07 Å². The van der Waals surface area contributed by atoms with Crippen molar-refractivity contribution < 1.29 is 13.9 Å². The number of amides is 1. The van der Waals surface area contributed by atoms with Crippen molar-refractivity contribution >= 4 is 5.91 Å². The molecule has 0 spiro atoms. The highest BCUT2D eigenvalue weighted by molar-refractivity contribution is 5.76. The van der Waals surface area contributed by atoms with Gasteiger partial charge < -0.3 is 15.0 Å². The van der Waals surface area contributed by atoms with Crippen LogP contribution in [0.3, 0.4) is 0 Å². The van der Waals surface area contributed by atoms with E-state index in [1.54, 1.807) is 17.0 Å². The molecule has 1 aromatic rings. The second kappa shape index (κ2) is 5.82. The maximum Gasteiger partial charge on any atom is 0.224 e. The lowest BCUT2D eigenvalue weighted by atomic mass is 10.2. The minimum atomic E-state index is -0.393. The van der Waals surface area contributed by atoms with E-state index in [0.717, 1.165) is 12.1 Å². The fourth-order valence-electron chi connectivity index (χ4n) is 2.01. The van der Waals surface area contributed by atoms with Crippen LogP contribution in [-0.2, 0) is 11.3 Å². The van der Waals surface area contributed by atoms with Gasteiger partial charge in [0.2, 0.25) is 5.91 Å². The summed E-state index contributed by atoms with van der Waals surface area (Å²) < 4.78 is 18.4. The van der Waals surface area contributed by atoms with E-state index in [2.05, 4.69) is 5.32 Å². The summed E-state index contributed by atoms with van der Waals surface area (Å²) in [6.45, 7) is 2.60. The van der Waals surface area contributed by atoms with Crippen molar-refractivity contribution in [2.24, 2.45) is 0 Å². The summed E-state index contributed by atoms with van der Waals surface area (Å²) >= 11 is 0. The van der Waals surface area contributed by atoms with Crippen molar-refractivity contribution in [3.63, 3.8) is 0 Å². The van der Waals surface area contributed by atoms with Crippen LogP contribution in [0.5, 0.6) is 5.75 Å². The Morgan fingerprint density at radius 3 is 3.00 bits per heavy atom. The van der Waals surface area contributed by atoms with E-state index in [0.29, 0.717) is 26.1 Å². The van der Waals surface area contributed by atoms with Crippen LogP contribution < -0.4 is 10.1 Å². The van der Waals surface area contributed by atoms with Crippen molar-refractivity contribution in [3.05, 3.63) is 29.6 Å². The van der Waals surface area contributed by atoms with Crippen molar-refractivity contribution in [1.82, 2.24) is 10.2 Å². The fraction of sp³-hybridized carbons (Fsp3) is 0.462. The number of hydrogen-bond acceptors (Lipinski definition) is 3. The van der Waals surface area contributed by atoms with E-state index in [9.17, 15) is 9.18 Å². The molecule has 0 radical (unpaired) electrons. The predicted octanol–water partition coefficient (Wildman–Crippen LogP) is 1.16. The van der Waals surface area contributed by atoms with Gasteiger partial charge in [-0.25, -0.2) is 4.39 Å². The van der Waals surface area contributed by atoms with E-state index in [4.69, 9.17) is 4.74 Å². The molecule has 98 valence electrons. The van der Waals surface area contributed by atoms with Gasteiger partial charge in [0, 0.05) is 32.6 Å². The molecule has 1 saturated heterocycles. The number of benzene rings is 1. The smallest absolute Gasteiger partial charge is 0.224 e. The molecule has 4 nitrogen and oxygen atoms in total. The number of carbonyl (C=O) groups is 1. The molecule has 1 aromatic carbocycles. The van der Waals surface area contributed by atoms with E-state index in [1.807, 2.05) is 0 Å². The first-order valence-corrected chi connectivity index (χ1v) is 6.01. The summed E-state index contributed by atoms with van der Waals surface area (Å²) in [6, 6.07) is 4.79. The quantitative estimate of drug-likeness (QED) is 0.877. The van der Waals surface area contributed by atoms with Crippen LogP contribution in [-0.4, -0.2) is 37.6 Å². The van der Waals surface area contributed by atoms with Gasteiger partial charge in [0.1, 0.15) is 0 Å². The van der Waals surface area contributed by atoms with Gasteiger partial charge in [-0.15, -0.1) is 0 Å². The Morgan fingerprint density at radius 2 is 2.28 bits per heavy atom. The van der Waals surface area contributed by atoms with Crippen LogP contribution in [0.4, 0.5) is 4.39 Å². The van der Waals surface area contributed by atoms with Crippen LogP contribution in [0.15, 0.2) is 18.2 Å². The maximum atomic E-state index is 13.5. The zero-order valence-corrected chi connectivity index (χ0v) is 10.4. The number of rotatable bonds is 3. The van der Waals surface area contributed by atoms with Crippen LogP contribution in [0.1, 0.15) is 12.0 Å². The number of ether oxygens (including phenoxy) is 1. The highest BCUT2D eigenvalue weighted by Crippen LogP contribution is 2.19. The highest BCUT2D eigenvalue weighted by atomic mass is 19.1. The number of nitrogens with zero attached hydrogens (tertiary/aromatic N) is 1. The third-order valence-corrected chi connectivity index (χ3v) is 3.02. The van der Waals surface area contributed by atoms with Gasteiger partial charge in [-0.3, -0.25) is 4.79 Å². The van der Waals surface area contributed by atoms with Crippen molar-refractivity contribution in [2.75, 3.05) is 26.7 Å². The van der Waals surface area contributed by atoms with Gasteiger partial charge in [0.25, 0.3) is 0 Å². The monoisotopic (exact) mass is 252 g/mol. The molecule has 0 atom stereocenters. The maximum absolute atomic E-state index is 13.5. The summed E-state index contributed by atoms with van der Waals surface area (Å²) in [6.07, 6.45) is 0.499.